The zero-order chi connectivity index (χ0) is 18.5. The molecule has 0 saturated heterocycles. The molecular weight excluding hydrogens is 354 g/mol. The summed E-state index contributed by atoms with van der Waals surface area (Å²) in [5.41, 5.74) is 1.91. The molecule has 1 N–H and O–H groups in total. The molecule has 27 heavy (non-hydrogen) atoms. The summed E-state index contributed by atoms with van der Waals surface area (Å²) >= 11 is 5.47. The maximum absolute atomic E-state index is 5.47. The van der Waals surface area contributed by atoms with Crippen LogP contribution in [0.4, 0.5) is 11.5 Å². The number of hydrogen-bond acceptors (Lipinski definition) is 3. The maximum Gasteiger partial charge on any atom is 0.289 e. The minimum atomic E-state index is 0.425. The largest absolute Gasteiger partial charge is 0.742 e. The van der Waals surface area contributed by atoms with Crippen LogP contribution in [0.2, 0.25) is 0 Å². The Morgan fingerprint density at radius 3 is 2.37 bits per heavy atom. The molecular formula is C21H23N5S. The van der Waals surface area contributed by atoms with Crippen LogP contribution >= 0.6 is 0 Å². The van der Waals surface area contributed by atoms with Crippen molar-refractivity contribution < 1.29 is 4.68 Å². The maximum atomic E-state index is 5.47. The van der Waals surface area contributed by atoms with E-state index in [1.54, 1.807) is 0 Å². The second-order valence-electron chi connectivity index (χ2n) is 6.80. The number of nitrogens with one attached hydrogen (secondary N) is 1. The highest BCUT2D eigenvalue weighted by Gasteiger charge is 2.25. The quantitative estimate of drug-likeness (QED) is 0.319. The SMILES string of the molecule is [S-]/C(=N\c1c[n+](C2CCCCC2)nn1-c1ccccc1)Nc1ccccc1. The van der Waals surface area contributed by atoms with Gasteiger partial charge in [0.25, 0.3) is 5.82 Å². The molecule has 0 radical (unpaired) electrons. The lowest BCUT2D eigenvalue weighted by atomic mass is 9.96. The standard InChI is InChI=1S/C21H23N5S/c27-21(22-17-10-4-1-5-11-17)23-20-16-25(18-12-6-2-7-13-18)24-26(20)19-14-8-3-9-15-19/h1,3-5,8-11,14-16,18H,2,6-7,12-13H2,(H-,22,23,24,27). The molecule has 0 atom stereocenters. The molecule has 1 aromatic heterocycles. The fraction of sp³-hybridized carbons (Fsp3) is 0.286. The predicted molar refractivity (Wildman–Crippen MR) is 110 cm³/mol. The van der Waals surface area contributed by atoms with Crippen molar-refractivity contribution >= 4 is 29.3 Å². The van der Waals surface area contributed by atoms with E-state index in [9.17, 15) is 0 Å². The fourth-order valence-electron chi connectivity index (χ4n) is 3.48. The molecule has 0 aliphatic heterocycles. The number of anilines is 1. The van der Waals surface area contributed by atoms with Gasteiger partial charge in [-0.15, -0.1) is 4.68 Å². The smallest absolute Gasteiger partial charge is 0.289 e. The second kappa shape index (κ2) is 8.31. The average molecular weight is 378 g/mol. The first-order chi connectivity index (χ1) is 13.3. The summed E-state index contributed by atoms with van der Waals surface area (Å²) in [6.07, 6.45) is 8.19. The van der Waals surface area contributed by atoms with Gasteiger partial charge in [0.05, 0.1) is 5.21 Å². The monoisotopic (exact) mass is 377 g/mol. The number of nitrogens with zero attached hydrogens (tertiary/aromatic N) is 4. The summed E-state index contributed by atoms with van der Waals surface area (Å²) in [6.45, 7) is 0. The first kappa shape index (κ1) is 17.7. The van der Waals surface area contributed by atoms with E-state index in [1.807, 2.05) is 71.5 Å². The Morgan fingerprint density at radius 2 is 1.67 bits per heavy atom. The minimum Gasteiger partial charge on any atom is -0.742 e. The van der Waals surface area contributed by atoms with Crippen LogP contribution in [-0.2, 0) is 12.6 Å². The Balaban J connectivity index is 1.67. The lowest BCUT2D eigenvalue weighted by Gasteiger charge is -2.16. The summed E-state index contributed by atoms with van der Waals surface area (Å²) in [4.78, 5) is 4.65. The zero-order valence-electron chi connectivity index (χ0n) is 15.2. The van der Waals surface area contributed by atoms with Gasteiger partial charge in [0, 0.05) is 5.69 Å². The fourth-order valence-corrected chi connectivity index (χ4v) is 3.69. The molecule has 0 bridgehead atoms. The Hall–Kier alpha value is -2.73. The van der Waals surface area contributed by atoms with Gasteiger partial charge in [0.15, 0.2) is 11.9 Å². The molecule has 2 aromatic carbocycles. The third-order valence-electron chi connectivity index (χ3n) is 4.85. The molecule has 0 spiro atoms. The van der Waals surface area contributed by atoms with E-state index in [-0.39, 0.29) is 0 Å². The van der Waals surface area contributed by atoms with Gasteiger partial charge in [-0.05, 0) is 55.1 Å². The molecule has 138 valence electrons. The van der Waals surface area contributed by atoms with Gasteiger partial charge in [-0.25, -0.2) is 4.99 Å². The van der Waals surface area contributed by atoms with E-state index >= 15 is 0 Å². The highest BCUT2D eigenvalue weighted by molar-refractivity contribution is 7.77. The number of rotatable bonds is 4. The second-order valence-corrected chi connectivity index (χ2v) is 7.19. The van der Waals surface area contributed by atoms with Crippen LogP contribution in [0.5, 0.6) is 0 Å². The molecule has 1 saturated carbocycles. The Labute approximate surface area is 165 Å². The van der Waals surface area contributed by atoms with Crippen LogP contribution < -0.4 is 10.00 Å². The topological polar surface area (TPSA) is 46.1 Å². The van der Waals surface area contributed by atoms with Gasteiger partial charge in [-0.1, -0.05) is 47.5 Å². The van der Waals surface area contributed by atoms with Crippen LogP contribution in [0.15, 0.2) is 71.9 Å². The lowest BCUT2D eigenvalue weighted by molar-refractivity contribution is -0.780. The van der Waals surface area contributed by atoms with Crippen LogP contribution in [0.25, 0.3) is 5.69 Å². The van der Waals surface area contributed by atoms with E-state index in [2.05, 4.69) is 15.0 Å². The summed E-state index contributed by atoms with van der Waals surface area (Å²) in [7, 11) is 0. The van der Waals surface area contributed by atoms with E-state index < -0.39 is 0 Å². The van der Waals surface area contributed by atoms with Gasteiger partial charge in [-0.3, -0.25) is 0 Å². The molecule has 5 nitrogen and oxygen atoms in total. The molecule has 0 amide bonds. The normalized spacial score (nSPS) is 15.6. The number of aliphatic imine (C=N–C) groups is 1. The van der Waals surface area contributed by atoms with Crippen molar-refractivity contribution in [2.45, 2.75) is 38.1 Å². The highest BCUT2D eigenvalue weighted by Crippen LogP contribution is 2.25. The number of aromatic nitrogens is 3. The van der Waals surface area contributed by atoms with Crippen molar-refractivity contribution in [2.75, 3.05) is 5.32 Å². The van der Waals surface area contributed by atoms with Gasteiger partial charge in [-0.2, -0.15) is 0 Å². The van der Waals surface area contributed by atoms with Gasteiger partial charge in [0.1, 0.15) is 6.04 Å². The Morgan fingerprint density at radius 1 is 1.00 bits per heavy atom. The number of benzene rings is 2. The molecule has 1 aliphatic carbocycles. The number of para-hydroxylation sites is 2. The van der Waals surface area contributed by atoms with Crippen LogP contribution in [0, 0.1) is 0 Å². The molecule has 0 unspecified atom stereocenters. The van der Waals surface area contributed by atoms with E-state index in [0.29, 0.717) is 11.2 Å². The molecule has 1 heterocycles. The van der Waals surface area contributed by atoms with Crippen molar-refractivity contribution in [3.8, 4) is 5.69 Å². The molecule has 3 aromatic rings. The third kappa shape index (κ3) is 4.34. The van der Waals surface area contributed by atoms with Gasteiger partial charge in [0.2, 0.25) is 0 Å². The van der Waals surface area contributed by atoms with Crippen molar-refractivity contribution in [1.29, 1.82) is 0 Å². The molecule has 4 rings (SSSR count). The number of hydrogen-bond donors (Lipinski definition) is 1. The van der Waals surface area contributed by atoms with Crippen LogP contribution in [0.3, 0.4) is 0 Å². The van der Waals surface area contributed by atoms with E-state index in [0.717, 1.165) is 17.2 Å². The number of amidine groups is 1. The average Bonchev–Trinajstić information content (AvgIpc) is 3.14. The van der Waals surface area contributed by atoms with Gasteiger partial charge < -0.3 is 17.9 Å². The summed E-state index contributed by atoms with van der Waals surface area (Å²) in [5.74, 6) is 0.736. The van der Waals surface area contributed by atoms with Crippen molar-refractivity contribution in [3.63, 3.8) is 0 Å². The predicted octanol–water partition coefficient (Wildman–Crippen LogP) is 4.31. The molecule has 1 fully saturated rings. The molecule has 6 heteroatoms. The van der Waals surface area contributed by atoms with Crippen LogP contribution in [0.1, 0.15) is 38.1 Å². The lowest BCUT2D eigenvalue weighted by Crippen LogP contribution is -2.42. The Bertz CT molecular complexity index is 899. The summed E-state index contributed by atoms with van der Waals surface area (Å²) < 4.78 is 3.93. The van der Waals surface area contributed by atoms with E-state index in [4.69, 9.17) is 17.8 Å². The Kier molecular flexibility index (Phi) is 5.44. The van der Waals surface area contributed by atoms with Crippen molar-refractivity contribution in [3.05, 3.63) is 66.9 Å². The van der Waals surface area contributed by atoms with Crippen LogP contribution in [-0.4, -0.2) is 15.1 Å². The highest BCUT2D eigenvalue weighted by atomic mass is 32.1. The first-order valence-electron chi connectivity index (χ1n) is 9.44. The minimum absolute atomic E-state index is 0.425. The summed E-state index contributed by atoms with van der Waals surface area (Å²) in [6, 6.07) is 20.4. The zero-order valence-corrected chi connectivity index (χ0v) is 16.0. The summed E-state index contributed by atoms with van der Waals surface area (Å²) in [5, 5.41) is 8.41. The van der Waals surface area contributed by atoms with E-state index in [1.165, 1.54) is 32.1 Å². The third-order valence-corrected chi connectivity index (χ3v) is 5.04. The first-order valence-corrected chi connectivity index (χ1v) is 9.85. The van der Waals surface area contributed by atoms with Crippen molar-refractivity contribution in [1.82, 2.24) is 9.90 Å². The molecule has 1 aliphatic rings. The van der Waals surface area contributed by atoms with Gasteiger partial charge >= 0.3 is 0 Å². The van der Waals surface area contributed by atoms with Crippen molar-refractivity contribution in [2.24, 2.45) is 4.99 Å².